The summed E-state index contributed by atoms with van der Waals surface area (Å²) in [5.41, 5.74) is 0. The molecule has 0 radical (unpaired) electrons. The van der Waals surface area contributed by atoms with Crippen molar-refractivity contribution in [2.24, 2.45) is 5.92 Å². The van der Waals surface area contributed by atoms with Crippen LogP contribution in [0.3, 0.4) is 0 Å². The molecule has 2 aliphatic rings. The monoisotopic (exact) mass is 254 g/mol. The van der Waals surface area contributed by atoms with Crippen LogP contribution in [-0.2, 0) is 0 Å². The number of hydrogen-bond donors (Lipinski definition) is 1. The Bertz CT molecular complexity index is 161. The van der Waals surface area contributed by atoms with E-state index in [1.165, 1.54) is 51.9 Å². The van der Waals surface area contributed by atoms with Crippen molar-refractivity contribution in [2.75, 3.05) is 26.2 Å². The van der Waals surface area contributed by atoms with Crippen LogP contribution >= 0.6 is 24.8 Å². The van der Waals surface area contributed by atoms with Gasteiger partial charge in [0, 0.05) is 12.6 Å². The third kappa shape index (κ3) is 4.48. The van der Waals surface area contributed by atoms with Crippen LogP contribution in [0.2, 0.25) is 0 Å². The molecule has 2 atom stereocenters. The van der Waals surface area contributed by atoms with Crippen molar-refractivity contribution in [3.8, 4) is 0 Å². The third-order valence-corrected chi connectivity index (χ3v) is 3.60. The van der Waals surface area contributed by atoms with Gasteiger partial charge in [-0.1, -0.05) is 6.42 Å². The zero-order valence-corrected chi connectivity index (χ0v) is 11.2. The van der Waals surface area contributed by atoms with Crippen LogP contribution in [0.1, 0.15) is 32.6 Å². The van der Waals surface area contributed by atoms with E-state index < -0.39 is 0 Å². The maximum Gasteiger partial charge on any atom is 0.00670 e. The van der Waals surface area contributed by atoms with E-state index in [9.17, 15) is 0 Å². The van der Waals surface area contributed by atoms with E-state index in [1.54, 1.807) is 0 Å². The van der Waals surface area contributed by atoms with E-state index >= 15 is 0 Å². The van der Waals surface area contributed by atoms with Crippen LogP contribution in [0.25, 0.3) is 0 Å². The van der Waals surface area contributed by atoms with E-state index in [0.29, 0.717) is 0 Å². The summed E-state index contributed by atoms with van der Waals surface area (Å²) >= 11 is 0. The molecule has 2 unspecified atom stereocenters. The molecule has 0 aromatic rings. The summed E-state index contributed by atoms with van der Waals surface area (Å²) in [5.74, 6) is 0.931. The lowest BCUT2D eigenvalue weighted by molar-refractivity contribution is 0.140. The van der Waals surface area contributed by atoms with E-state index in [2.05, 4.69) is 17.1 Å². The Morgan fingerprint density at radius 2 is 2.00 bits per heavy atom. The summed E-state index contributed by atoms with van der Waals surface area (Å²) in [6, 6.07) is 0.842. The Morgan fingerprint density at radius 1 is 1.20 bits per heavy atom. The molecular weight excluding hydrogens is 231 g/mol. The number of piperidine rings is 1. The molecule has 0 aromatic carbocycles. The Labute approximate surface area is 106 Å². The van der Waals surface area contributed by atoms with Gasteiger partial charge in [0.05, 0.1) is 0 Å². The van der Waals surface area contributed by atoms with Crippen LogP contribution in [0.15, 0.2) is 0 Å². The SMILES string of the molecule is CC1CCCCN1CC1CCNC1.Cl.Cl. The van der Waals surface area contributed by atoms with Crippen LogP contribution in [-0.4, -0.2) is 37.1 Å². The molecule has 2 fully saturated rings. The Hall–Kier alpha value is 0.500. The van der Waals surface area contributed by atoms with Gasteiger partial charge in [-0.2, -0.15) is 0 Å². The molecule has 0 aromatic heterocycles. The zero-order chi connectivity index (χ0) is 9.10. The molecule has 0 saturated carbocycles. The fourth-order valence-electron chi connectivity index (χ4n) is 2.63. The average Bonchev–Trinajstić information content (AvgIpc) is 2.61. The van der Waals surface area contributed by atoms with Gasteiger partial charge in [-0.15, -0.1) is 24.8 Å². The number of likely N-dealkylation sites (tertiary alicyclic amines) is 1. The van der Waals surface area contributed by atoms with Gasteiger partial charge in [0.25, 0.3) is 0 Å². The molecule has 15 heavy (non-hydrogen) atoms. The molecular formula is C11H24Cl2N2. The molecule has 92 valence electrons. The van der Waals surface area contributed by atoms with E-state index in [0.717, 1.165) is 12.0 Å². The first kappa shape index (κ1) is 15.5. The summed E-state index contributed by atoms with van der Waals surface area (Å²) < 4.78 is 0. The third-order valence-electron chi connectivity index (χ3n) is 3.60. The van der Waals surface area contributed by atoms with Gasteiger partial charge in [-0.05, 0) is 51.7 Å². The van der Waals surface area contributed by atoms with Crippen molar-refractivity contribution in [3.63, 3.8) is 0 Å². The van der Waals surface area contributed by atoms with Gasteiger partial charge in [-0.25, -0.2) is 0 Å². The maximum absolute atomic E-state index is 3.45. The topological polar surface area (TPSA) is 15.3 Å². The van der Waals surface area contributed by atoms with Crippen molar-refractivity contribution in [2.45, 2.75) is 38.6 Å². The van der Waals surface area contributed by atoms with Crippen LogP contribution in [0.5, 0.6) is 0 Å². The van der Waals surface area contributed by atoms with Crippen LogP contribution in [0, 0.1) is 5.92 Å². The summed E-state index contributed by atoms with van der Waals surface area (Å²) in [4.78, 5) is 2.70. The minimum absolute atomic E-state index is 0. The number of nitrogens with one attached hydrogen (secondary N) is 1. The summed E-state index contributed by atoms with van der Waals surface area (Å²) in [6.45, 7) is 7.57. The van der Waals surface area contributed by atoms with Gasteiger partial charge >= 0.3 is 0 Å². The van der Waals surface area contributed by atoms with Crippen LogP contribution < -0.4 is 5.32 Å². The molecule has 0 aliphatic carbocycles. The fourth-order valence-corrected chi connectivity index (χ4v) is 2.63. The summed E-state index contributed by atoms with van der Waals surface area (Å²) in [6.07, 6.45) is 5.68. The van der Waals surface area contributed by atoms with E-state index in [-0.39, 0.29) is 24.8 Å². The first-order valence-electron chi connectivity index (χ1n) is 5.81. The average molecular weight is 255 g/mol. The zero-order valence-electron chi connectivity index (χ0n) is 9.58. The van der Waals surface area contributed by atoms with Crippen molar-refractivity contribution in [3.05, 3.63) is 0 Å². The standard InChI is InChI=1S/C11H22N2.2ClH/c1-10-4-2-3-7-13(10)9-11-5-6-12-8-11;;/h10-12H,2-9H2,1H3;2*1H. The Kier molecular flexibility index (Phi) is 7.98. The molecule has 2 aliphatic heterocycles. The number of rotatable bonds is 2. The van der Waals surface area contributed by atoms with E-state index in [1.807, 2.05) is 0 Å². The second-order valence-corrected chi connectivity index (χ2v) is 4.70. The largest absolute Gasteiger partial charge is 0.316 e. The van der Waals surface area contributed by atoms with E-state index in [4.69, 9.17) is 0 Å². The second kappa shape index (κ2) is 7.72. The lowest BCUT2D eigenvalue weighted by Gasteiger charge is -2.34. The Morgan fingerprint density at radius 3 is 2.60 bits per heavy atom. The van der Waals surface area contributed by atoms with Gasteiger partial charge in [-0.3, -0.25) is 0 Å². The minimum Gasteiger partial charge on any atom is -0.316 e. The maximum atomic E-state index is 3.45. The normalized spacial score (nSPS) is 31.8. The summed E-state index contributed by atoms with van der Waals surface area (Å²) in [7, 11) is 0. The number of hydrogen-bond acceptors (Lipinski definition) is 2. The smallest absolute Gasteiger partial charge is 0.00670 e. The van der Waals surface area contributed by atoms with Gasteiger partial charge in [0.1, 0.15) is 0 Å². The highest BCUT2D eigenvalue weighted by Crippen LogP contribution is 2.19. The molecule has 0 spiro atoms. The highest BCUT2D eigenvalue weighted by Gasteiger charge is 2.23. The lowest BCUT2D eigenvalue weighted by atomic mass is 10.0. The molecule has 4 heteroatoms. The first-order chi connectivity index (χ1) is 6.36. The van der Waals surface area contributed by atoms with Crippen molar-refractivity contribution < 1.29 is 0 Å². The molecule has 2 heterocycles. The van der Waals surface area contributed by atoms with Crippen molar-refractivity contribution >= 4 is 24.8 Å². The minimum atomic E-state index is 0. The molecule has 0 bridgehead atoms. The van der Waals surface area contributed by atoms with Crippen LogP contribution in [0.4, 0.5) is 0 Å². The highest BCUT2D eigenvalue weighted by molar-refractivity contribution is 5.85. The summed E-state index contributed by atoms with van der Waals surface area (Å²) in [5, 5.41) is 3.45. The lowest BCUT2D eigenvalue weighted by Crippen LogP contribution is -2.40. The van der Waals surface area contributed by atoms with Gasteiger partial charge in [0.15, 0.2) is 0 Å². The second-order valence-electron chi connectivity index (χ2n) is 4.70. The molecule has 1 N–H and O–H groups in total. The van der Waals surface area contributed by atoms with Gasteiger partial charge < -0.3 is 10.2 Å². The predicted molar refractivity (Wildman–Crippen MR) is 70.4 cm³/mol. The molecule has 2 nitrogen and oxygen atoms in total. The Balaban J connectivity index is 0.000000980. The van der Waals surface area contributed by atoms with Gasteiger partial charge in [0.2, 0.25) is 0 Å². The highest BCUT2D eigenvalue weighted by atomic mass is 35.5. The quantitative estimate of drug-likeness (QED) is 0.814. The van der Waals surface area contributed by atoms with Crippen molar-refractivity contribution in [1.29, 1.82) is 0 Å². The predicted octanol–water partition coefficient (Wildman–Crippen LogP) is 2.31. The first-order valence-corrected chi connectivity index (χ1v) is 5.81. The number of nitrogens with zero attached hydrogens (tertiary/aromatic N) is 1. The molecule has 2 rings (SSSR count). The molecule has 2 saturated heterocycles. The van der Waals surface area contributed by atoms with Crippen molar-refractivity contribution in [1.82, 2.24) is 10.2 Å². The fraction of sp³-hybridized carbons (Fsp3) is 1.00. The molecule has 0 amide bonds. The number of halogens is 2.